The van der Waals surface area contributed by atoms with Gasteiger partial charge in [0, 0.05) is 18.7 Å². The van der Waals surface area contributed by atoms with Gasteiger partial charge < -0.3 is 15.8 Å². The number of hydrogen-bond donors (Lipinski definition) is 2. The van der Waals surface area contributed by atoms with Crippen molar-refractivity contribution in [1.82, 2.24) is 5.32 Å². The van der Waals surface area contributed by atoms with Gasteiger partial charge >= 0.3 is 0 Å². The first-order valence-electron chi connectivity index (χ1n) is 6.35. The first kappa shape index (κ1) is 13.1. The van der Waals surface area contributed by atoms with Crippen LogP contribution in [0.3, 0.4) is 0 Å². The van der Waals surface area contributed by atoms with Gasteiger partial charge in [0.15, 0.2) is 0 Å². The zero-order valence-electron chi connectivity index (χ0n) is 10.7. The molecule has 0 unspecified atom stereocenters. The molecule has 1 aliphatic rings. The highest BCUT2D eigenvalue weighted by Crippen LogP contribution is 2.22. The Bertz CT molecular complexity index is 414. The molecule has 0 radical (unpaired) electrons. The summed E-state index contributed by atoms with van der Waals surface area (Å²) in [6, 6.07) is 7.89. The summed E-state index contributed by atoms with van der Waals surface area (Å²) < 4.78 is 5.19. The molecule has 1 aromatic carbocycles. The first-order chi connectivity index (χ1) is 8.72. The van der Waals surface area contributed by atoms with Crippen LogP contribution in [0, 0.1) is 0 Å². The summed E-state index contributed by atoms with van der Waals surface area (Å²) in [5, 5.41) is 3.02. The number of amides is 1. The molecule has 1 amide bonds. The normalized spacial score (nSPS) is 22.3. The van der Waals surface area contributed by atoms with E-state index in [2.05, 4.69) is 5.32 Å². The van der Waals surface area contributed by atoms with Crippen LogP contribution in [-0.4, -0.2) is 31.7 Å². The standard InChI is InChI=1S/C14H20N2O2/c1-18-13-8-12(9-13)16-14(17)11-4-2-3-10(7-11)5-6-15/h2-4,7,12-13H,5-6,8-9,15H2,1H3,(H,16,17). The van der Waals surface area contributed by atoms with Crippen LogP contribution in [0.2, 0.25) is 0 Å². The Balaban J connectivity index is 1.90. The summed E-state index contributed by atoms with van der Waals surface area (Å²) >= 11 is 0. The number of benzene rings is 1. The summed E-state index contributed by atoms with van der Waals surface area (Å²) in [7, 11) is 1.71. The Morgan fingerprint density at radius 1 is 1.50 bits per heavy atom. The van der Waals surface area contributed by atoms with Crippen molar-refractivity contribution in [2.24, 2.45) is 5.73 Å². The average molecular weight is 248 g/mol. The fourth-order valence-electron chi connectivity index (χ4n) is 2.18. The maximum atomic E-state index is 12.0. The van der Waals surface area contributed by atoms with Gasteiger partial charge in [-0.25, -0.2) is 0 Å². The van der Waals surface area contributed by atoms with Crippen molar-refractivity contribution in [3.8, 4) is 0 Å². The predicted molar refractivity (Wildman–Crippen MR) is 70.5 cm³/mol. The van der Waals surface area contributed by atoms with Gasteiger partial charge in [0.05, 0.1) is 6.10 Å². The third kappa shape index (κ3) is 3.09. The lowest BCUT2D eigenvalue weighted by molar-refractivity contribution is 0.0176. The maximum Gasteiger partial charge on any atom is 0.251 e. The molecule has 4 nitrogen and oxygen atoms in total. The smallest absolute Gasteiger partial charge is 0.251 e. The SMILES string of the molecule is COC1CC(NC(=O)c2cccc(CCN)c2)C1. The first-order valence-corrected chi connectivity index (χ1v) is 6.35. The molecule has 3 N–H and O–H groups in total. The van der Waals surface area contributed by atoms with E-state index in [0.717, 1.165) is 24.8 Å². The van der Waals surface area contributed by atoms with Gasteiger partial charge in [-0.3, -0.25) is 4.79 Å². The van der Waals surface area contributed by atoms with Crippen molar-refractivity contribution in [3.63, 3.8) is 0 Å². The molecular weight excluding hydrogens is 228 g/mol. The molecule has 18 heavy (non-hydrogen) atoms. The predicted octanol–water partition coefficient (Wildman–Crippen LogP) is 1.09. The minimum Gasteiger partial charge on any atom is -0.381 e. The van der Waals surface area contributed by atoms with Crippen LogP contribution in [0.25, 0.3) is 0 Å². The largest absolute Gasteiger partial charge is 0.381 e. The van der Waals surface area contributed by atoms with Crippen molar-refractivity contribution in [1.29, 1.82) is 0 Å². The molecule has 0 bridgehead atoms. The Morgan fingerprint density at radius 3 is 2.94 bits per heavy atom. The number of ether oxygens (including phenoxy) is 1. The van der Waals surface area contributed by atoms with E-state index < -0.39 is 0 Å². The van der Waals surface area contributed by atoms with Crippen molar-refractivity contribution in [2.75, 3.05) is 13.7 Å². The molecular formula is C14H20N2O2. The lowest BCUT2D eigenvalue weighted by atomic mass is 9.89. The molecule has 0 aromatic heterocycles. The van der Waals surface area contributed by atoms with Crippen LogP contribution >= 0.6 is 0 Å². The lowest BCUT2D eigenvalue weighted by Crippen LogP contribution is -2.47. The van der Waals surface area contributed by atoms with Crippen LogP contribution < -0.4 is 11.1 Å². The summed E-state index contributed by atoms with van der Waals surface area (Å²) in [5.74, 6) is -0.00609. The Hall–Kier alpha value is -1.39. The highest BCUT2D eigenvalue weighted by atomic mass is 16.5. The number of methoxy groups -OCH3 is 1. The van der Waals surface area contributed by atoms with Crippen molar-refractivity contribution >= 4 is 5.91 Å². The minimum atomic E-state index is -0.00609. The second-order valence-electron chi connectivity index (χ2n) is 4.74. The summed E-state index contributed by atoms with van der Waals surface area (Å²) in [5.41, 5.74) is 7.33. The molecule has 0 atom stereocenters. The third-order valence-electron chi connectivity index (χ3n) is 3.39. The van der Waals surface area contributed by atoms with Gasteiger partial charge in [-0.1, -0.05) is 12.1 Å². The molecule has 98 valence electrons. The third-order valence-corrected chi connectivity index (χ3v) is 3.39. The second-order valence-corrected chi connectivity index (χ2v) is 4.74. The topological polar surface area (TPSA) is 64.3 Å². The fourth-order valence-corrected chi connectivity index (χ4v) is 2.18. The van der Waals surface area contributed by atoms with Crippen LogP contribution in [0.1, 0.15) is 28.8 Å². The molecule has 4 heteroatoms. The Labute approximate surface area is 108 Å². The molecule has 0 heterocycles. The monoisotopic (exact) mass is 248 g/mol. The van der Waals surface area contributed by atoms with Gasteiger partial charge in [-0.2, -0.15) is 0 Å². The van der Waals surface area contributed by atoms with E-state index >= 15 is 0 Å². The number of hydrogen-bond acceptors (Lipinski definition) is 3. The minimum absolute atomic E-state index is 0.00609. The van der Waals surface area contributed by atoms with Crippen LogP contribution in [0.5, 0.6) is 0 Å². The van der Waals surface area contributed by atoms with Crippen LogP contribution in [0.15, 0.2) is 24.3 Å². The van der Waals surface area contributed by atoms with E-state index in [9.17, 15) is 4.79 Å². The average Bonchev–Trinajstić information content (AvgIpc) is 2.33. The van der Waals surface area contributed by atoms with Gasteiger partial charge in [0.1, 0.15) is 0 Å². The molecule has 0 spiro atoms. The van der Waals surface area contributed by atoms with E-state index in [1.54, 1.807) is 7.11 Å². The highest BCUT2D eigenvalue weighted by molar-refractivity contribution is 5.94. The second kappa shape index (κ2) is 5.98. The number of carbonyl (C=O) groups is 1. The summed E-state index contributed by atoms with van der Waals surface area (Å²) in [6.07, 6.45) is 2.92. The molecule has 0 saturated heterocycles. The Morgan fingerprint density at radius 2 is 2.28 bits per heavy atom. The molecule has 1 saturated carbocycles. The number of rotatable bonds is 5. The van der Waals surface area contributed by atoms with Gasteiger partial charge in [-0.05, 0) is 43.5 Å². The molecule has 1 fully saturated rings. The highest BCUT2D eigenvalue weighted by Gasteiger charge is 2.30. The molecule has 0 aliphatic heterocycles. The van der Waals surface area contributed by atoms with E-state index in [1.807, 2.05) is 24.3 Å². The quantitative estimate of drug-likeness (QED) is 0.820. The molecule has 1 aliphatic carbocycles. The zero-order valence-corrected chi connectivity index (χ0v) is 10.7. The number of nitrogens with one attached hydrogen (secondary N) is 1. The maximum absolute atomic E-state index is 12.0. The summed E-state index contributed by atoms with van der Waals surface area (Å²) in [6.45, 7) is 0.600. The van der Waals surface area contributed by atoms with E-state index in [1.165, 1.54) is 0 Å². The van der Waals surface area contributed by atoms with Crippen molar-refractivity contribution in [2.45, 2.75) is 31.4 Å². The summed E-state index contributed by atoms with van der Waals surface area (Å²) in [4.78, 5) is 12.0. The van der Waals surface area contributed by atoms with Gasteiger partial charge in [-0.15, -0.1) is 0 Å². The number of carbonyl (C=O) groups excluding carboxylic acids is 1. The van der Waals surface area contributed by atoms with Gasteiger partial charge in [0.25, 0.3) is 5.91 Å². The van der Waals surface area contributed by atoms with E-state index in [4.69, 9.17) is 10.5 Å². The lowest BCUT2D eigenvalue weighted by Gasteiger charge is -2.34. The van der Waals surface area contributed by atoms with Crippen molar-refractivity contribution < 1.29 is 9.53 Å². The van der Waals surface area contributed by atoms with E-state index in [-0.39, 0.29) is 11.9 Å². The Kier molecular flexibility index (Phi) is 4.33. The zero-order chi connectivity index (χ0) is 13.0. The van der Waals surface area contributed by atoms with Gasteiger partial charge in [0.2, 0.25) is 0 Å². The number of nitrogens with two attached hydrogens (primary N) is 1. The molecule has 2 rings (SSSR count). The van der Waals surface area contributed by atoms with Crippen LogP contribution in [0.4, 0.5) is 0 Å². The van der Waals surface area contributed by atoms with Crippen LogP contribution in [-0.2, 0) is 11.2 Å². The fraction of sp³-hybridized carbons (Fsp3) is 0.500. The van der Waals surface area contributed by atoms with Crippen molar-refractivity contribution in [3.05, 3.63) is 35.4 Å². The molecule has 1 aromatic rings. The van der Waals surface area contributed by atoms with E-state index in [0.29, 0.717) is 18.2 Å².